The summed E-state index contributed by atoms with van der Waals surface area (Å²) < 4.78 is 28.8. The quantitative estimate of drug-likeness (QED) is 0.710. The van der Waals surface area contributed by atoms with Crippen LogP contribution in [0.15, 0.2) is 24.3 Å². The summed E-state index contributed by atoms with van der Waals surface area (Å²) in [6, 6.07) is 5.95. The highest BCUT2D eigenvalue weighted by atomic mass is 35.5. The topological polar surface area (TPSA) is 80.8 Å². The van der Waals surface area contributed by atoms with Crippen molar-refractivity contribution in [1.82, 2.24) is 4.90 Å². The molecule has 0 spiro atoms. The Labute approximate surface area is 158 Å². The third kappa shape index (κ3) is 4.57. The van der Waals surface area contributed by atoms with E-state index in [9.17, 15) is 18.0 Å². The maximum absolute atomic E-state index is 12.8. The maximum atomic E-state index is 12.8. The molecule has 1 heterocycles. The van der Waals surface area contributed by atoms with E-state index in [4.69, 9.17) is 16.3 Å². The Morgan fingerprint density at radius 3 is 2.31 bits per heavy atom. The van der Waals surface area contributed by atoms with E-state index in [1.165, 1.54) is 12.1 Å². The van der Waals surface area contributed by atoms with Gasteiger partial charge in [-0.15, -0.1) is 0 Å². The van der Waals surface area contributed by atoms with Crippen LogP contribution in [0.1, 0.15) is 42.5 Å². The van der Waals surface area contributed by atoms with Crippen LogP contribution >= 0.6 is 11.6 Å². The first-order chi connectivity index (χ1) is 12.4. The first-order valence-corrected chi connectivity index (χ1v) is 11.0. The fraction of sp³-hybridized carbons (Fsp3) is 0.556. The van der Waals surface area contributed by atoms with Crippen molar-refractivity contribution in [2.45, 2.75) is 44.2 Å². The molecule has 142 valence electrons. The molecule has 0 bridgehead atoms. The number of esters is 1. The molecule has 2 fully saturated rings. The van der Waals surface area contributed by atoms with Crippen molar-refractivity contribution in [3.05, 3.63) is 34.9 Å². The molecule has 0 unspecified atom stereocenters. The standard InChI is InChI=1S/C18H22ClNO5S/c19-14-7-5-13(6-8-14)18(22)25-11-17(21)20(15-3-1-2-4-15)16-9-10-26(23,24)12-16/h5-8,15-16H,1-4,9-12H2/t16-/m1/s1. The van der Waals surface area contributed by atoms with Crippen molar-refractivity contribution in [3.8, 4) is 0 Å². The van der Waals surface area contributed by atoms with E-state index in [1.807, 2.05) is 0 Å². The molecular weight excluding hydrogens is 378 g/mol. The Balaban J connectivity index is 1.65. The Kier molecular flexibility index (Phi) is 5.87. The zero-order chi connectivity index (χ0) is 18.7. The first-order valence-electron chi connectivity index (χ1n) is 8.80. The normalized spacial score (nSPS) is 22.3. The van der Waals surface area contributed by atoms with Crippen molar-refractivity contribution < 1.29 is 22.7 Å². The van der Waals surface area contributed by atoms with E-state index in [0.717, 1.165) is 25.7 Å². The molecule has 2 aliphatic rings. The molecule has 1 saturated carbocycles. The number of sulfone groups is 1. The highest BCUT2D eigenvalue weighted by Crippen LogP contribution is 2.29. The Morgan fingerprint density at radius 2 is 1.73 bits per heavy atom. The minimum absolute atomic E-state index is 0.000368. The average Bonchev–Trinajstić information content (AvgIpc) is 3.24. The van der Waals surface area contributed by atoms with Gasteiger partial charge in [-0.25, -0.2) is 13.2 Å². The molecule has 1 amide bonds. The lowest BCUT2D eigenvalue weighted by atomic mass is 10.1. The van der Waals surface area contributed by atoms with Gasteiger partial charge in [-0.3, -0.25) is 4.79 Å². The zero-order valence-electron chi connectivity index (χ0n) is 14.4. The molecule has 26 heavy (non-hydrogen) atoms. The van der Waals surface area contributed by atoms with Crippen molar-refractivity contribution in [3.63, 3.8) is 0 Å². The highest BCUT2D eigenvalue weighted by molar-refractivity contribution is 7.91. The number of hydrogen-bond donors (Lipinski definition) is 0. The van der Waals surface area contributed by atoms with Crippen LogP contribution in [0.25, 0.3) is 0 Å². The van der Waals surface area contributed by atoms with E-state index in [1.54, 1.807) is 17.0 Å². The van der Waals surface area contributed by atoms with Crippen LogP contribution in [-0.2, 0) is 19.4 Å². The van der Waals surface area contributed by atoms with Crippen LogP contribution in [-0.4, -0.2) is 55.4 Å². The highest BCUT2D eigenvalue weighted by Gasteiger charge is 2.39. The van der Waals surface area contributed by atoms with E-state index < -0.39 is 15.8 Å². The van der Waals surface area contributed by atoms with Gasteiger partial charge >= 0.3 is 5.97 Å². The lowest BCUT2D eigenvalue weighted by molar-refractivity contribution is -0.139. The van der Waals surface area contributed by atoms with Crippen LogP contribution in [0.3, 0.4) is 0 Å². The summed E-state index contributed by atoms with van der Waals surface area (Å²) in [5.74, 6) is -0.805. The Morgan fingerprint density at radius 1 is 1.08 bits per heavy atom. The van der Waals surface area contributed by atoms with Crippen LogP contribution in [0.4, 0.5) is 0 Å². The number of carbonyl (C=O) groups is 2. The summed E-state index contributed by atoms with van der Waals surface area (Å²) >= 11 is 5.79. The van der Waals surface area contributed by atoms with Gasteiger partial charge in [-0.1, -0.05) is 24.4 Å². The van der Waals surface area contributed by atoms with Gasteiger partial charge in [0.25, 0.3) is 5.91 Å². The largest absolute Gasteiger partial charge is 0.452 e. The minimum Gasteiger partial charge on any atom is -0.452 e. The molecule has 1 aromatic carbocycles. The van der Waals surface area contributed by atoms with Gasteiger partial charge in [-0.05, 0) is 43.5 Å². The van der Waals surface area contributed by atoms with Crippen molar-refractivity contribution in [2.75, 3.05) is 18.1 Å². The number of rotatable bonds is 5. The van der Waals surface area contributed by atoms with Gasteiger partial charge in [0.1, 0.15) is 0 Å². The molecule has 0 radical (unpaired) electrons. The van der Waals surface area contributed by atoms with Crippen LogP contribution in [0.5, 0.6) is 0 Å². The lowest BCUT2D eigenvalue weighted by Gasteiger charge is -2.33. The molecule has 8 heteroatoms. The zero-order valence-corrected chi connectivity index (χ0v) is 16.0. The second-order valence-corrected chi connectivity index (χ2v) is 9.54. The van der Waals surface area contributed by atoms with Gasteiger partial charge in [0.05, 0.1) is 17.1 Å². The second-order valence-electron chi connectivity index (χ2n) is 6.88. The predicted molar refractivity (Wildman–Crippen MR) is 97.9 cm³/mol. The number of halogens is 1. The summed E-state index contributed by atoms with van der Waals surface area (Å²) in [7, 11) is -3.10. The molecule has 1 atom stereocenters. The molecule has 1 aliphatic heterocycles. The van der Waals surface area contributed by atoms with E-state index in [0.29, 0.717) is 17.0 Å². The average molecular weight is 400 g/mol. The number of nitrogens with zero attached hydrogens (tertiary/aromatic N) is 1. The fourth-order valence-electron chi connectivity index (χ4n) is 3.75. The molecule has 1 saturated heterocycles. The molecule has 6 nitrogen and oxygen atoms in total. The molecule has 1 aromatic rings. The number of ether oxygens (including phenoxy) is 1. The molecule has 1 aliphatic carbocycles. The van der Waals surface area contributed by atoms with E-state index in [2.05, 4.69) is 0 Å². The third-order valence-corrected chi connectivity index (χ3v) is 7.02. The monoisotopic (exact) mass is 399 g/mol. The Hall–Kier alpha value is -1.60. The van der Waals surface area contributed by atoms with E-state index >= 15 is 0 Å². The number of hydrogen-bond acceptors (Lipinski definition) is 5. The van der Waals surface area contributed by atoms with Crippen LogP contribution in [0.2, 0.25) is 5.02 Å². The van der Waals surface area contributed by atoms with Crippen LogP contribution < -0.4 is 0 Å². The molecule has 3 rings (SSSR count). The van der Waals surface area contributed by atoms with Gasteiger partial charge in [0.15, 0.2) is 16.4 Å². The van der Waals surface area contributed by atoms with Gasteiger partial charge < -0.3 is 9.64 Å². The minimum atomic E-state index is -3.10. The van der Waals surface area contributed by atoms with Crippen LogP contribution in [0, 0.1) is 0 Å². The fourth-order valence-corrected chi connectivity index (χ4v) is 5.59. The first kappa shape index (κ1) is 19.2. The SMILES string of the molecule is O=C(OCC(=O)N(C1CCCC1)[C@@H]1CCS(=O)(=O)C1)c1ccc(Cl)cc1. The number of benzene rings is 1. The van der Waals surface area contributed by atoms with Crippen molar-refractivity contribution >= 4 is 33.3 Å². The van der Waals surface area contributed by atoms with E-state index in [-0.39, 0.29) is 36.1 Å². The van der Waals surface area contributed by atoms with Gasteiger partial charge in [0.2, 0.25) is 0 Å². The molecule has 0 N–H and O–H groups in total. The summed E-state index contributed by atoms with van der Waals surface area (Å²) in [4.78, 5) is 26.5. The number of carbonyl (C=O) groups excluding carboxylic acids is 2. The summed E-state index contributed by atoms with van der Waals surface area (Å²) in [5.41, 5.74) is 0.318. The van der Waals surface area contributed by atoms with Gasteiger partial charge in [-0.2, -0.15) is 0 Å². The predicted octanol–water partition coefficient (Wildman–Crippen LogP) is 2.46. The second kappa shape index (κ2) is 7.96. The molecular formula is C18H22ClNO5S. The third-order valence-electron chi connectivity index (χ3n) is 5.01. The maximum Gasteiger partial charge on any atom is 0.338 e. The number of amides is 1. The summed E-state index contributed by atoms with van der Waals surface area (Å²) in [6.07, 6.45) is 4.24. The summed E-state index contributed by atoms with van der Waals surface area (Å²) in [6.45, 7) is -0.380. The summed E-state index contributed by atoms with van der Waals surface area (Å²) in [5, 5.41) is 0.507. The lowest BCUT2D eigenvalue weighted by Crippen LogP contribution is -2.48. The molecule has 0 aromatic heterocycles. The van der Waals surface area contributed by atoms with Gasteiger partial charge in [0, 0.05) is 17.1 Å². The Bertz CT molecular complexity index is 771. The smallest absolute Gasteiger partial charge is 0.338 e. The van der Waals surface area contributed by atoms with Crippen molar-refractivity contribution in [1.29, 1.82) is 0 Å². The van der Waals surface area contributed by atoms with Crippen molar-refractivity contribution in [2.24, 2.45) is 0 Å².